The van der Waals surface area contributed by atoms with E-state index >= 15 is 0 Å². The second-order valence-electron chi connectivity index (χ2n) is 6.45. The van der Waals surface area contributed by atoms with Gasteiger partial charge in [0.15, 0.2) is 16.8 Å². The Morgan fingerprint density at radius 1 is 1.13 bits per heavy atom. The van der Waals surface area contributed by atoms with E-state index in [1.807, 2.05) is 0 Å². The van der Waals surface area contributed by atoms with Crippen LogP contribution in [0.4, 0.5) is 20.6 Å². The lowest BCUT2D eigenvalue weighted by Crippen LogP contribution is -2.34. The largest absolute Gasteiger partial charge is 0.331 e. The van der Waals surface area contributed by atoms with E-state index in [9.17, 15) is 23.0 Å². The Labute approximate surface area is 187 Å². The highest BCUT2D eigenvalue weighted by atomic mass is 35.5. The zero-order valence-corrected chi connectivity index (χ0v) is 17.9. The van der Waals surface area contributed by atoms with E-state index in [-0.39, 0.29) is 11.3 Å². The molecule has 0 saturated carbocycles. The van der Waals surface area contributed by atoms with Crippen molar-refractivity contribution in [3.63, 3.8) is 0 Å². The van der Waals surface area contributed by atoms with Crippen molar-refractivity contribution in [3.8, 4) is 0 Å². The Balaban J connectivity index is 1.49. The minimum Gasteiger partial charge on any atom is -0.324 e. The molecule has 2 heterocycles. The molecule has 0 saturated heterocycles. The first kappa shape index (κ1) is 21.2. The van der Waals surface area contributed by atoms with Crippen molar-refractivity contribution < 1.29 is 23.0 Å². The highest BCUT2D eigenvalue weighted by Crippen LogP contribution is 2.33. The third-order valence-corrected chi connectivity index (χ3v) is 7.06. The number of hydrogen-bond acceptors (Lipinski definition) is 5. The Hall–Kier alpha value is -3.08. The smallest absolute Gasteiger partial charge is 0.324 e. The maximum Gasteiger partial charge on any atom is 0.331 e. The van der Waals surface area contributed by atoms with Crippen molar-refractivity contribution >= 4 is 63.0 Å². The van der Waals surface area contributed by atoms with Gasteiger partial charge in [0.05, 0.1) is 10.0 Å². The number of Topliss-reactive ketones (excluding diaryl/α,β-unsaturated/α-hetero) is 1. The van der Waals surface area contributed by atoms with Gasteiger partial charge in [-0.05, 0) is 36.4 Å². The fraction of sp³-hybridized carbons (Fsp3) is 0.0500. The zero-order valence-electron chi connectivity index (χ0n) is 15.5. The van der Waals surface area contributed by atoms with Crippen molar-refractivity contribution in [2.24, 2.45) is 0 Å². The molecule has 0 aliphatic carbocycles. The number of halogens is 2. The van der Waals surface area contributed by atoms with Gasteiger partial charge in [0.25, 0.3) is 0 Å². The molecule has 3 aromatic rings. The number of benzene rings is 2. The Kier molecular flexibility index (Phi) is 5.86. The lowest BCUT2D eigenvalue weighted by Gasteiger charge is -2.24. The third kappa shape index (κ3) is 4.36. The van der Waals surface area contributed by atoms with Gasteiger partial charge in [-0.2, -0.15) is 0 Å². The van der Waals surface area contributed by atoms with Crippen LogP contribution in [0.1, 0.15) is 21.8 Å². The van der Waals surface area contributed by atoms with Gasteiger partial charge >= 0.3 is 6.03 Å². The molecule has 1 aromatic heterocycles. The summed E-state index contributed by atoms with van der Waals surface area (Å²) in [6.45, 7) is 0. The number of nitrogens with one attached hydrogen (secondary N) is 3. The van der Waals surface area contributed by atoms with Crippen LogP contribution in [0.3, 0.4) is 0 Å². The molecule has 158 valence electrons. The molecule has 4 rings (SSSR count). The summed E-state index contributed by atoms with van der Waals surface area (Å²) in [6.07, 6.45) is 0. The van der Waals surface area contributed by atoms with E-state index in [0.717, 1.165) is 17.4 Å². The number of ketones is 1. The number of hydrogen-bond donors (Lipinski definition) is 3. The van der Waals surface area contributed by atoms with E-state index in [4.69, 9.17) is 11.6 Å². The number of fused-ring (bicyclic) bond motifs is 1. The minimum absolute atomic E-state index is 0.0593. The monoisotopic (exact) mass is 477 g/mol. The molecule has 3 N–H and O–H groups in total. The number of urea groups is 1. The first-order valence-electron chi connectivity index (χ1n) is 8.82. The number of rotatable bonds is 4. The summed E-state index contributed by atoms with van der Waals surface area (Å²) in [5.74, 6) is -3.32. The molecule has 11 heteroatoms. The summed E-state index contributed by atoms with van der Waals surface area (Å²) in [6, 6.07) is 12.3. The van der Waals surface area contributed by atoms with Crippen molar-refractivity contribution in [1.29, 1.82) is 0 Å². The maximum atomic E-state index is 14.8. The molecular formula is C20H13ClFN3O4S2. The highest BCUT2D eigenvalue weighted by Gasteiger charge is 2.37. The molecule has 0 bridgehead atoms. The van der Waals surface area contributed by atoms with Gasteiger partial charge in [0, 0.05) is 16.8 Å². The predicted molar refractivity (Wildman–Crippen MR) is 116 cm³/mol. The van der Waals surface area contributed by atoms with Gasteiger partial charge < -0.3 is 10.6 Å². The van der Waals surface area contributed by atoms with E-state index in [1.54, 1.807) is 30.3 Å². The molecule has 2 unspecified atom stereocenters. The Morgan fingerprint density at radius 3 is 2.61 bits per heavy atom. The molecule has 3 amide bonds. The molecule has 1 aliphatic rings. The minimum atomic E-state index is -1.83. The number of carbonyl (C=O) groups is 3. The first-order valence-corrected chi connectivity index (χ1v) is 11.2. The number of amides is 3. The fourth-order valence-electron chi connectivity index (χ4n) is 3.10. The number of anilines is 2. The summed E-state index contributed by atoms with van der Waals surface area (Å²) in [4.78, 5) is 37.2. The standard InChI is InChI=1S/C20H13ClFN3O4S2/c21-15-7-8-16(30-15)31(29)25-20(28)23-10-5-6-11(13(22)9-10)17-18(26)12-3-1-2-4-14(12)24-19(17)27/h1-9,17H,(H,24,27)(H2,23,25,28). The fourth-order valence-corrected chi connectivity index (χ4v) is 5.22. The van der Waals surface area contributed by atoms with Crippen LogP contribution in [-0.2, 0) is 15.8 Å². The normalized spacial score (nSPS) is 16.3. The van der Waals surface area contributed by atoms with Gasteiger partial charge in [-0.15, -0.1) is 11.3 Å². The van der Waals surface area contributed by atoms with Crippen molar-refractivity contribution in [3.05, 3.63) is 75.9 Å². The summed E-state index contributed by atoms with van der Waals surface area (Å²) >= 11 is 6.83. The van der Waals surface area contributed by atoms with Crippen LogP contribution < -0.4 is 15.4 Å². The van der Waals surface area contributed by atoms with E-state index in [1.165, 1.54) is 18.2 Å². The molecule has 7 nitrogen and oxygen atoms in total. The summed E-state index contributed by atoms with van der Waals surface area (Å²) in [7, 11) is -1.83. The van der Waals surface area contributed by atoms with Crippen molar-refractivity contribution in [1.82, 2.24) is 4.72 Å². The SMILES string of the molecule is O=C(Nc1ccc(C2C(=O)Nc3ccccc3C2=O)c(F)c1)NS(=O)c1ccc(Cl)s1. The van der Waals surface area contributed by atoms with Gasteiger partial charge in [0.1, 0.15) is 15.9 Å². The van der Waals surface area contributed by atoms with Gasteiger partial charge in [0.2, 0.25) is 5.91 Å². The van der Waals surface area contributed by atoms with Gasteiger partial charge in [-0.3, -0.25) is 14.3 Å². The van der Waals surface area contributed by atoms with Crippen LogP contribution in [0, 0.1) is 5.82 Å². The number of carbonyl (C=O) groups excluding carboxylic acids is 3. The van der Waals surface area contributed by atoms with E-state index in [0.29, 0.717) is 19.8 Å². The molecule has 2 aromatic carbocycles. The molecule has 0 fully saturated rings. The Bertz CT molecular complexity index is 1250. The molecular weight excluding hydrogens is 465 g/mol. The van der Waals surface area contributed by atoms with Crippen LogP contribution in [0.2, 0.25) is 4.34 Å². The molecule has 0 radical (unpaired) electrons. The number of thiophene rings is 1. The average Bonchev–Trinajstić information content (AvgIpc) is 3.16. The molecule has 2 atom stereocenters. The summed E-state index contributed by atoms with van der Waals surface area (Å²) < 4.78 is 29.8. The maximum absolute atomic E-state index is 14.8. The second kappa shape index (κ2) is 8.58. The summed E-state index contributed by atoms with van der Waals surface area (Å²) in [5, 5.41) is 4.96. The van der Waals surface area contributed by atoms with Crippen LogP contribution in [-0.4, -0.2) is 21.9 Å². The van der Waals surface area contributed by atoms with E-state index in [2.05, 4.69) is 15.4 Å². The van der Waals surface area contributed by atoms with Crippen LogP contribution in [0.5, 0.6) is 0 Å². The van der Waals surface area contributed by atoms with Crippen LogP contribution >= 0.6 is 22.9 Å². The molecule has 31 heavy (non-hydrogen) atoms. The van der Waals surface area contributed by atoms with Gasteiger partial charge in [-0.25, -0.2) is 13.4 Å². The molecule has 1 aliphatic heterocycles. The van der Waals surface area contributed by atoms with Crippen LogP contribution in [0.15, 0.2) is 58.8 Å². The second-order valence-corrected chi connectivity index (χ2v) is 9.61. The average molecular weight is 478 g/mol. The van der Waals surface area contributed by atoms with E-state index < -0.39 is 40.4 Å². The number of para-hydroxylation sites is 1. The van der Waals surface area contributed by atoms with Crippen LogP contribution in [0.25, 0.3) is 0 Å². The zero-order chi connectivity index (χ0) is 22.1. The summed E-state index contributed by atoms with van der Waals surface area (Å²) in [5.41, 5.74) is 0.622. The van der Waals surface area contributed by atoms with Crippen molar-refractivity contribution in [2.75, 3.05) is 10.6 Å². The Morgan fingerprint density at radius 2 is 1.90 bits per heavy atom. The van der Waals surface area contributed by atoms with Gasteiger partial charge in [-0.1, -0.05) is 29.8 Å². The quantitative estimate of drug-likeness (QED) is 0.487. The third-order valence-electron chi connectivity index (χ3n) is 4.46. The molecule has 0 spiro atoms. The van der Waals surface area contributed by atoms with Crippen molar-refractivity contribution in [2.45, 2.75) is 10.1 Å². The topological polar surface area (TPSA) is 104 Å². The highest BCUT2D eigenvalue weighted by molar-refractivity contribution is 7.86. The lowest BCUT2D eigenvalue weighted by atomic mass is 9.86. The lowest BCUT2D eigenvalue weighted by molar-refractivity contribution is -0.116. The predicted octanol–water partition coefficient (Wildman–Crippen LogP) is 4.30. The first-order chi connectivity index (χ1) is 14.8.